The molecule has 0 radical (unpaired) electrons. The molecule has 1 N–H and O–H groups in total. The molecule has 25 heavy (non-hydrogen) atoms. The Labute approximate surface area is 149 Å². The van der Waals surface area contributed by atoms with E-state index in [-0.39, 0.29) is 18.4 Å². The third-order valence-corrected chi connectivity index (χ3v) is 4.00. The molecule has 0 unspecified atom stereocenters. The van der Waals surface area contributed by atoms with Crippen molar-refractivity contribution in [3.63, 3.8) is 0 Å². The number of anilines is 1. The predicted octanol–water partition coefficient (Wildman–Crippen LogP) is 4.10. The molecule has 4 nitrogen and oxygen atoms in total. The van der Waals surface area contributed by atoms with E-state index in [1.165, 1.54) is 0 Å². The molecule has 2 amide bonds. The lowest BCUT2D eigenvalue weighted by Gasteiger charge is -2.22. The molecule has 0 atom stereocenters. The number of nitrogens with one attached hydrogen (secondary N) is 1. The van der Waals surface area contributed by atoms with Gasteiger partial charge in [0.2, 0.25) is 5.91 Å². The highest BCUT2D eigenvalue weighted by Crippen LogP contribution is 2.14. The van der Waals surface area contributed by atoms with Crippen LogP contribution in [0.1, 0.15) is 40.4 Å². The number of benzene rings is 2. The molecular weight excluding hydrogens is 312 g/mol. The maximum absolute atomic E-state index is 12.8. The van der Waals surface area contributed by atoms with Gasteiger partial charge in [-0.25, -0.2) is 0 Å². The van der Waals surface area contributed by atoms with E-state index in [9.17, 15) is 9.59 Å². The van der Waals surface area contributed by atoms with E-state index in [2.05, 4.69) is 5.32 Å². The van der Waals surface area contributed by atoms with Gasteiger partial charge in [-0.15, -0.1) is 0 Å². The Morgan fingerprint density at radius 3 is 2.24 bits per heavy atom. The zero-order valence-electron chi connectivity index (χ0n) is 15.4. The maximum Gasteiger partial charge on any atom is 0.254 e. The van der Waals surface area contributed by atoms with Crippen LogP contribution in [0.15, 0.2) is 42.5 Å². The van der Waals surface area contributed by atoms with Crippen molar-refractivity contribution in [1.82, 2.24) is 4.90 Å². The molecule has 0 fully saturated rings. The van der Waals surface area contributed by atoms with Crippen LogP contribution in [0.4, 0.5) is 5.69 Å². The highest BCUT2D eigenvalue weighted by molar-refractivity contribution is 5.99. The van der Waals surface area contributed by atoms with Crippen LogP contribution in [0, 0.1) is 20.8 Å². The first-order valence-corrected chi connectivity index (χ1v) is 8.63. The molecule has 0 saturated carbocycles. The van der Waals surface area contributed by atoms with Crippen molar-refractivity contribution < 1.29 is 9.59 Å². The number of para-hydroxylation sites is 1. The van der Waals surface area contributed by atoms with Crippen LogP contribution in [0.3, 0.4) is 0 Å². The first-order chi connectivity index (χ1) is 11.9. The fraction of sp³-hybridized carbons (Fsp3) is 0.333. The zero-order valence-corrected chi connectivity index (χ0v) is 15.4. The van der Waals surface area contributed by atoms with Crippen LogP contribution in [0.25, 0.3) is 0 Å². The van der Waals surface area contributed by atoms with Gasteiger partial charge in [-0.2, -0.15) is 0 Å². The van der Waals surface area contributed by atoms with Gasteiger partial charge in [-0.05, 0) is 51.0 Å². The van der Waals surface area contributed by atoms with E-state index in [1.54, 1.807) is 4.90 Å². The quantitative estimate of drug-likeness (QED) is 0.862. The van der Waals surface area contributed by atoms with E-state index in [4.69, 9.17) is 0 Å². The minimum absolute atomic E-state index is 0.0496. The molecule has 0 aliphatic carbocycles. The lowest BCUT2D eigenvalue weighted by Crippen LogP contribution is -2.38. The Morgan fingerprint density at radius 1 is 1.00 bits per heavy atom. The van der Waals surface area contributed by atoms with Crippen molar-refractivity contribution in [1.29, 1.82) is 0 Å². The van der Waals surface area contributed by atoms with E-state index in [0.29, 0.717) is 12.1 Å². The largest absolute Gasteiger partial charge is 0.329 e. The molecule has 0 heterocycles. The number of hydrogen-bond acceptors (Lipinski definition) is 2. The molecule has 2 aromatic carbocycles. The van der Waals surface area contributed by atoms with Crippen LogP contribution < -0.4 is 5.32 Å². The van der Waals surface area contributed by atoms with Crippen molar-refractivity contribution in [3.05, 3.63) is 64.7 Å². The molecule has 2 rings (SSSR count). The topological polar surface area (TPSA) is 49.4 Å². The third kappa shape index (κ3) is 5.18. The molecule has 0 saturated heterocycles. The molecular formula is C21H26N2O2. The Bertz CT molecular complexity index is 748. The van der Waals surface area contributed by atoms with Gasteiger partial charge >= 0.3 is 0 Å². The van der Waals surface area contributed by atoms with Gasteiger partial charge in [0.1, 0.15) is 6.54 Å². The van der Waals surface area contributed by atoms with Gasteiger partial charge < -0.3 is 10.2 Å². The summed E-state index contributed by atoms with van der Waals surface area (Å²) >= 11 is 0. The molecule has 4 heteroatoms. The van der Waals surface area contributed by atoms with Gasteiger partial charge in [-0.1, -0.05) is 42.3 Å². The Hall–Kier alpha value is -2.62. The molecule has 0 bridgehead atoms. The monoisotopic (exact) mass is 338 g/mol. The fourth-order valence-corrected chi connectivity index (χ4v) is 2.88. The number of aryl methyl sites for hydroxylation is 3. The summed E-state index contributed by atoms with van der Waals surface area (Å²) in [4.78, 5) is 26.9. The summed E-state index contributed by atoms with van der Waals surface area (Å²) in [6, 6.07) is 13.4. The smallest absolute Gasteiger partial charge is 0.254 e. The minimum atomic E-state index is -0.180. The van der Waals surface area contributed by atoms with Crippen LogP contribution in [-0.2, 0) is 4.79 Å². The minimum Gasteiger partial charge on any atom is -0.329 e. The summed E-state index contributed by atoms with van der Waals surface area (Å²) in [6.45, 7) is 8.49. The lowest BCUT2D eigenvalue weighted by molar-refractivity contribution is -0.116. The third-order valence-electron chi connectivity index (χ3n) is 4.00. The normalized spacial score (nSPS) is 10.4. The molecule has 0 aromatic heterocycles. The average molecular weight is 338 g/mol. The summed E-state index contributed by atoms with van der Waals surface area (Å²) in [5.41, 5.74) is 4.50. The number of nitrogens with zero attached hydrogens (tertiary/aromatic N) is 1. The first kappa shape index (κ1) is 18.7. The SMILES string of the molecule is CCCN(CC(=O)Nc1ccccc1C)C(=O)c1cc(C)cc(C)c1. The Morgan fingerprint density at radius 2 is 1.64 bits per heavy atom. The van der Waals surface area contributed by atoms with Crippen LogP contribution in [-0.4, -0.2) is 29.8 Å². The number of rotatable bonds is 6. The van der Waals surface area contributed by atoms with Crippen molar-refractivity contribution in [2.24, 2.45) is 0 Å². The van der Waals surface area contributed by atoms with Gasteiger partial charge in [0.05, 0.1) is 0 Å². The van der Waals surface area contributed by atoms with Crippen molar-refractivity contribution in [2.75, 3.05) is 18.4 Å². The summed E-state index contributed by atoms with van der Waals surface area (Å²) in [5, 5.41) is 2.90. The molecule has 0 aliphatic heterocycles. The van der Waals surface area contributed by atoms with Crippen molar-refractivity contribution >= 4 is 17.5 Å². The summed E-state index contributed by atoms with van der Waals surface area (Å²) < 4.78 is 0. The Balaban J connectivity index is 2.13. The Kier molecular flexibility index (Phi) is 6.34. The highest BCUT2D eigenvalue weighted by atomic mass is 16.2. The van der Waals surface area contributed by atoms with Crippen molar-refractivity contribution in [3.8, 4) is 0 Å². The molecule has 132 valence electrons. The molecule has 0 spiro atoms. The lowest BCUT2D eigenvalue weighted by atomic mass is 10.1. The van der Waals surface area contributed by atoms with E-state index in [0.717, 1.165) is 28.8 Å². The van der Waals surface area contributed by atoms with Crippen LogP contribution in [0.5, 0.6) is 0 Å². The standard InChI is InChI=1S/C21H26N2O2/c1-5-10-23(21(25)18-12-15(2)11-16(3)13-18)14-20(24)22-19-9-7-6-8-17(19)4/h6-9,11-13H,5,10,14H2,1-4H3,(H,22,24). The second-order valence-corrected chi connectivity index (χ2v) is 6.47. The van der Waals surface area contributed by atoms with Gasteiger partial charge in [-0.3, -0.25) is 9.59 Å². The number of carbonyl (C=O) groups excluding carboxylic acids is 2. The predicted molar refractivity (Wildman–Crippen MR) is 102 cm³/mol. The second kappa shape index (κ2) is 8.47. The van der Waals surface area contributed by atoms with Crippen molar-refractivity contribution in [2.45, 2.75) is 34.1 Å². The average Bonchev–Trinajstić information content (AvgIpc) is 2.55. The zero-order chi connectivity index (χ0) is 18.4. The van der Waals surface area contributed by atoms with Gasteiger partial charge in [0, 0.05) is 17.8 Å². The van der Waals surface area contributed by atoms with Crippen LogP contribution >= 0.6 is 0 Å². The second-order valence-electron chi connectivity index (χ2n) is 6.47. The fourth-order valence-electron chi connectivity index (χ4n) is 2.88. The van der Waals surface area contributed by atoms with Gasteiger partial charge in [0.15, 0.2) is 0 Å². The molecule has 0 aliphatic rings. The number of hydrogen-bond donors (Lipinski definition) is 1. The van der Waals surface area contributed by atoms with Crippen LogP contribution in [0.2, 0.25) is 0 Å². The summed E-state index contributed by atoms with van der Waals surface area (Å²) in [6.07, 6.45) is 0.800. The highest BCUT2D eigenvalue weighted by Gasteiger charge is 2.19. The van der Waals surface area contributed by atoms with E-state index < -0.39 is 0 Å². The first-order valence-electron chi connectivity index (χ1n) is 8.63. The van der Waals surface area contributed by atoms with E-state index >= 15 is 0 Å². The summed E-state index contributed by atoms with van der Waals surface area (Å²) in [7, 11) is 0. The number of amides is 2. The molecule has 2 aromatic rings. The van der Waals surface area contributed by atoms with Gasteiger partial charge in [0.25, 0.3) is 5.91 Å². The maximum atomic E-state index is 12.8. The van der Waals surface area contributed by atoms with E-state index in [1.807, 2.05) is 70.2 Å². The summed E-state index contributed by atoms with van der Waals surface area (Å²) in [5.74, 6) is -0.283. The number of carbonyl (C=O) groups is 2.